The third kappa shape index (κ3) is 2.65. The summed E-state index contributed by atoms with van der Waals surface area (Å²) in [5, 5.41) is 17.1. The fourth-order valence-electron chi connectivity index (χ4n) is 0.568. The fourth-order valence-corrected chi connectivity index (χ4v) is 0.568. The molecule has 2 N–H and O–H groups in total. The molecule has 0 saturated carbocycles. The number of hydrogen-bond donors (Lipinski definition) is 2. The Hall–Kier alpha value is -0.107. The van der Waals surface area contributed by atoms with Gasteiger partial charge in [-0.1, -0.05) is 0 Å². The second kappa shape index (κ2) is 4.67. The zero-order valence-corrected chi connectivity index (χ0v) is 8.12. The van der Waals surface area contributed by atoms with Crippen molar-refractivity contribution in [3.05, 3.63) is 30.3 Å². The van der Waals surface area contributed by atoms with Crippen LogP contribution >= 0.6 is 0 Å². The molecule has 0 heterocycles. The van der Waals surface area contributed by atoms with Crippen LogP contribution in [-0.2, 0) is 21.1 Å². The summed E-state index contributed by atoms with van der Waals surface area (Å²) in [6.07, 6.45) is 0. The van der Waals surface area contributed by atoms with E-state index in [0.717, 1.165) is 0 Å². The van der Waals surface area contributed by atoms with Crippen LogP contribution in [0.5, 0.6) is 0 Å². The van der Waals surface area contributed by atoms with E-state index in [0.29, 0.717) is 5.46 Å². The average molecular weight is 305 g/mol. The zero-order chi connectivity index (χ0) is 6.69. The Morgan fingerprint density at radius 2 is 2.00 bits per heavy atom. The van der Waals surface area contributed by atoms with E-state index in [9.17, 15) is 0 Å². The van der Waals surface area contributed by atoms with Gasteiger partial charge in [0, 0.05) is 21.1 Å². The quantitative estimate of drug-likeness (QED) is 0.525. The fraction of sp³-hybridized carbons (Fsp3) is 0. The zero-order valence-electron chi connectivity index (χ0n) is 5.19. The predicted octanol–water partition coefficient (Wildman–Crippen LogP) is -0.836. The van der Waals surface area contributed by atoms with Gasteiger partial charge in [0.1, 0.15) is 0 Å². The maximum atomic E-state index is 8.55. The molecule has 52 valence electrons. The predicted molar refractivity (Wildman–Crippen MR) is 35.1 cm³/mol. The van der Waals surface area contributed by atoms with E-state index in [2.05, 4.69) is 6.07 Å². The van der Waals surface area contributed by atoms with Crippen molar-refractivity contribution >= 4 is 12.6 Å². The summed E-state index contributed by atoms with van der Waals surface area (Å²) in [6.45, 7) is 0. The Morgan fingerprint density at radius 1 is 1.30 bits per heavy atom. The molecule has 1 rings (SSSR count). The average Bonchev–Trinajstić information content (AvgIpc) is 1.90. The number of rotatable bonds is 1. The van der Waals surface area contributed by atoms with Crippen molar-refractivity contribution in [2.75, 3.05) is 0 Å². The van der Waals surface area contributed by atoms with Crippen LogP contribution in [-0.4, -0.2) is 17.2 Å². The van der Waals surface area contributed by atoms with Crippen molar-refractivity contribution in [3.8, 4) is 0 Å². The molecule has 0 aliphatic heterocycles. The number of hydrogen-bond acceptors (Lipinski definition) is 2. The summed E-state index contributed by atoms with van der Waals surface area (Å²) in [5.41, 5.74) is 0.400. The van der Waals surface area contributed by atoms with Crippen LogP contribution < -0.4 is 5.46 Å². The third-order valence-corrected chi connectivity index (χ3v) is 1.01. The molecule has 0 aliphatic rings. The first-order valence-electron chi connectivity index (χ1n) is 2.63. The van der Waals surface area contributed by atoms with E-state index < -0.39 is 7.12 Å². The Labute approximate surface area is 74.3 Å². The van der Waals surface area contributed by atoms with Crippen LogP contribution in [0.1, 0.15) is 0 Å². The Morgan fingerprint density at radius 3 is 2.30 bits per heavy atom. The van der Waals surface area contributed by atoms with Crippen molar-refractivity contribution < 1.29 is 31.1 Å². The van der Waals surface area contributed by atoms with E-state index in [1.807, 2.05) is 0 Å². The van der Waals surface area contributed by atoms with Gasteiger partial charge in [0.2, 0.25) is 0 Å². The first kappa shape index (κ1) is 9.89. The van der Waals surface area contributed by atoms with Gasteiger partial charge in [-0.05, 0) is 0 Å². The van der Waals surface area contributed by atoms with Crippen molar-refractivity contribution in [2.24, 2.45) is 0 Å². The van der Waals surface area contributed by atoms with Gasteiger partial charge >= 0.3 is 7.12 Å². The standard InChI is InChI=1S/C6H6BO2.W/c8-7(9)6-4-2-1-3-5-6;/h1-4,8-9H;/q-1;. The SMILES string of the molecule is OB(O)c1[c-]cccc1.[W]. The van der Waals surface area contributed by atoms with E-state index in [-0.39, 0.29) is 21.1 Å². The second-order valence-electron chi connectivity index (χ2n) is 1.69. The van der Waals surface area contributed by atoms with Crippen molar-refractivity contribution in [1.82, 2.24) is 0 Å². The van der Waals surface area contributed by atoms with Crippen molar-refractivity contribution in [3.63, 3.8) is 0 Å². The molecular weight excluding hydrogens is 299 g/mol. The largest absolute Gasteiger partial charge is 0.462 e. The maximum Gasteiger partial charge on any atom is 0.462 e. The first-order valence-corrected chi connectivity index (χ1v) is 2.63. The number of benzene rings is 1. The van der Waals surface area contributed by atoms with Crippen LogP contribution in [0.3, 0.4) is 0 Å². The van der Waals surface area contributed by atoms with Gasteiger partial charge in [0.25, 0.3) is 0 Å². The molecule has 0 aliphatic carbocycles. The molecule has 2 nitrogen and oxygen atoms in total. The molecule has 0 aromatic heterocycles. The Balaban J connectivity index is 0.000000810. The maximum absolute atomic E-state index is 8.55. The van der Waals surface area contributed by atoms with Gasteiger partial charge in [-0.2, -0.15) is 30.3 Å². The van der Waals surface area contributed by atoms with Gasteiger partial charge in [-0.25, -0.2) is 0 Å². The molecule has 1 aromatic carbocycles. The molecule has 0 bridgehead atoms. The Kier molecular flexibility index (Phi) is 4.62. The molecular formula is C6H6BO2W-. The molecule has 0 radical (unpaired) electrons. The van der Waals surface area contributed by atoms with Gasteiger partial charge < -0.3 is 10.0 Å². The van der Waals surface area contributed by atoms with Crippen LogP contribution in [0.4, 0.5) is 0 Å². The molecule has 0 unspecified atom stereocenters. The monoisotopic (exact) mass is 305 g/mol. The van der Waals surface area contributed by atoms with E-state index >= 15 is 0 Å². The minimum atomic E-state index is -1.40. The molecule has 4 heteroatoms. The smallest absolute Gasteiger partial charge is 0.425 e. The molecule has 10 heavy (non-hydrogen) atoms. The van der Waals surface area contributed by atoms with Crippen LogP contribution in [0, 0.1) is 6.07 Å². The summed E-state index contributed by atoms with van der Waals surface area (Å²) in [5.74, 6) is 0. The van der Waals surface area contributed by atoms with E-state index in [1.54, 1.807) is 24.3 Å². The summed E-state index contributed by atoms with van der Waals surface area (Å²) in [4.78, 5) is 0. The molecule has 0 spiro atoms. The second-order valence-corrected chi connectivity index (χ2v) is 1.69. The van der Waals surface area contributed by atoms with Crippen molar-refractivity contribution in [2.45, 2.75) is 0 Å². The summed E-state index contributed by atoms with van der Waals surface area (Å²) >= 11 is 0. The van der Waals surface area contributed by atoms with Crippen LogP contribution in [0.25, 0.3) is 0 Å². The van der Waals surface area contributed by atoms with Gasteiger partial charge in [-0.3, -0.25) is 0 Å². The molecule has 0 amide bonds. The van der Waals surface area contributed by atoms with Crippen LogP contribution in [0.15, 0.2) is 24.3 Å². The minimum absolute atomic E-state index is 0. The van der Waals surface area contributed by atoms with Gasteiger partial charge in [0.05, 0.1) is 0 Å². The van der Waals surface area contributed by atoms with Gasteiger partial charge in [-0.15, -0.1) is 5.46 Å². The summed E-state index contributed by atoms with van der Waals surface area (Å²) < 4.78 is 0. The topological polar surface area (TPSA) is 40.5 Å². The van der Waals surface area contributed by atoms with Crippen molar-refractivity contribution in [1.29, 1.82) is 0 Å². The molecule has 1 aromatic rings. The minimum Gasteiger partial charge on any atom is -0.425 e. The van der Waals surface area contributed by atoms with E-state index in [4.69, 9.17) is 10.0 Å². The normalized spacial score (nSPS) is 8.20. The summed E-state index contributed by atoms with van der Waals surface area (Å²) in [7, 11) is -1.40. The Bertz CT molecular complexity index is 178. The summed E-state index contributed by atoms with van der Waals surface area (Å²) in [6, 6.07) is 9.40. The van der Waals surface area contributed by atoms with E-state index in [1.165, 1.54) is 0 Å². The first-order chi connectivity index (χ1) is 4.30. The molecule has 0 saturated heterocycles. The molecule has 0 fully saturated rings. The molecule has 0 atom stereocenters. The van der Waals surface area contributed by atoms with Gasteiger partial charge in [0.15, 0.2) is 0 Å². The third-order valence-electron chi connectivity index (χ3n) is 1.01. The van der Waals surface area contributed by atoms with Crippen LogP contribution in [0.2, 0.25) is 0 Å².